The second-order valence-electron chi connectivity index (χ2n) is 8.62. The van der Waals surface area contributed by atoms with E-state index in [1.807, 2.05) is 30.3 Å². The van der Waals surface area contributed by atoms with E-state index in [4.69, 9.17) is 38.4 Å². The molecule has 1 aliphatic carbocycles. The standard InChI is InChI=1S/C25H22Cl2N6O4/c1-13-23(28)32-33(25(35)29-13)16-9-19(26)22(20(27)10-16)37-21-11-18(24(34)31-30-21)15-7-17(8-15)36-12-14-5-3-2-4-6-14/h2-6,9-11,15,17H,1,7-8,12H2,(H2,28,32)(H,29,35)(H,31,34). The fourth-order valence-electron chi connectivity index (χ4n) is 4.01. The summed E-state index contributed by atoms with van der Waals surface area (Å²) in [7, 11) is 0. The van der Waals surface area contributed by atoms with Crippen molar-refractivity contribution in [2.45, 2.75) is 31.5 Å². The number of aromatic amines is 1. The molecule has 37 heavy (non-hydrogen) atoms. The number of nitrogens with one attached hydrogen (secondary N) is 2. The molecule has 0 atom stereocenters. The predicted octanol–water partition coefficient (Wildman–Crippen LogP) is 4.65. The minimum absolute atomic E-state index is 0.0129. The normalized spacial score (nSPS) is 19.2. The van der Waals surface area contributed by atoms with E-state index in [1.54, 1.807) is 6.07 Å². The van der Waals surface area contributed by atoms with Gasteiger partial charge in [0.2, 0.25) is 5.88 Å². The highest BCUT2D eigenvalue weighted by molar-refractivity contribution is 6.37. The van der Waals surface area contributed by atoms with E-state index in [2.05, 4.69) is 27.2 Å². The number of nitrogens with zero attached hydrogens (tertiary/aromatic N) is 3. The molecule has 1 aromatic heterocycles. The largest absolute Gasteiger partial charge is 0.434 e. The van der Waals surface area contributed by atoms with Crippen LogP contribution in [0.1, 0.15) is 29.9 Å². The first-order valence-corrected chi connectivity index (χ1v) is 12.1. The third-order valence-corrected chi connectivity index (χ3v) is 6.63. The number of rotatable bonds is 7. The van der Waals surface area contributed by atoms with Gasteiger partial charge in [-0.1, -0.05) is 60.1 Å². The summed E-state index contributed by atoms with van der Waals surface area (Å²) < 4.78 is 11.8. The number of ether oxygens (including phenoxy) is 2. The summed E-state index contributed by atoms with van der Waals surface area (Å²) in [6.07, 6.45) is 1.49. The van der Waals surface area contributed by atoms with Crippen molar-refractivity contribution in [1.29, 1.82) is 0 Å². The van der Waals surface area contributed by atoms with Crippen molar-refractivity contribution in [2.24, 2.45) is 10.8 Å². The van der Waals surface area contributed by atoms with Gasteiger partial charge in [-0.2, -0.15) is 5.01 Å². The number of urea groups is 1. The lowest BCUT2D eigenvalue weighted by Gasteiger charge is -2.34. The molecule has 12 heteroatoms. The average molecular weight is 541 g/mol. The maximum absolute atomic E-state index is 12.4. The quantitative estimate of drug-likeness (QED) is 0.399. The zero-order valence-electron chi connectivity index (χ0n) is 19.4. The van der Waals surface area contributed by atoms with E-state index in [-0.39, 0.29) is 56.5 Å². The van der Waals surface area contributed by atoms with Gasteiger partial charge in [0.1, 0.15) is 0 Å². The summed E-state index contributed by atoms with van der Waals surface area (Å²) in [6.45, 7) is 4.13. The second-order valence-corrected chi connectivity index (χ2v) is 9.44. The van der Waals surface area contributed by atoms with Crippen molar-refractivity contribution in [3.8, 4) is 11.6 Å². The molecule has 4 N–H and O–H groups in total. The summed E-state index contributed by atoms with van der Waals surface area (Å²) in [5.41, 5.74) is 7.57. The van der Waals surface area contributed by atoms with Crippen molar-refractivity contribution in [3.63, 3.8) is 0 Å². The van der Waals surface area contributed by atoms with Crippen LogP contribution >= 0.6 is 23.2 Å². The second kappa shape index (κ2) is 10.3. The van der Waals surface area contributed by atoms with Crippen LogP contribution in [-0.4, -0.2) is 28.2 Å². The molecule has 10 nitrogen and oxygen atoms in total. The van der Waals surface area contributed by atoms with E-state index in [0.29, 0.717) is 25.0 Å². The van der Waals surface area contributed by atoms with Crippen LogP contribution in [0.3, 0.4) is 0 Å². The molecular weight excluding hydrogens is 519 g/mol. The van der Waals surface area contributed by atoms with Gasteiger partial charge in [0.05, 0.1) is 34.1 Å². The monoisotopic (exact) mass is 540 g/mol. The number of hydrazone groups is 1. The molecule has 2 aliphatic rings. The van der Waals surface area contributed by atoms with E-state index in [0.717, 1.165) is 10.6 Å². The van der Waals surface area contributed by atoms with Gasteiger partial charge in [0, 0.05) is 11.6 Å². The fraction of sp³-hybridized carbons (Fsp3) is 0.200. The summed E-state index contributed by atoms with van der Waals surface area (Å²) in [6, 6.07) is 13.8. The number of nitrogens with two attached hydrogens (primary N) is 1. The Hall–Kier alpha value is -3.86. The van der Waals surface area contributed by atoms with Gasteiger partial charge in [-0.15, -0.1) is 10.2 Å². The molecule has 0 saturated heterocycles. The van der Waals surface area contributed by atoms with E-state index >= 15 is 0 Å². The molecule has 0 bridgehead atoms. The molecule has 0 unspecified atom stereocenters. The van der Waals surface area contributed by atoms with Crippen LogP contribution in [0.2, 0.25) is 10.0 Å². The lowest BCUT2D eigenvalue weighted by molar-refractivity contribution is -0.0210. The molecule has 2 amide bonds. The SMILES string of the molecule is C=C1NC(=O)N(c2cc(Cl)c(Oc3cc(C4CC(OCc5ccccc5)C4)c(=O)[nH]n3)c(Cl)c2)N=C1N. The number of amidine groups is 1. The van der Waals surface area contributed by atoms with Crippen molar-refractivity contribution < 1.29 is 14.3 Å². The molecule has 5 rings (SSSR count). The fourth-order valence-corrected chi connectivity index (χ4v) is 4.56. The van der Waals surface area contributed by atoms with Crippen molar-refractivity contribution >= 4 is 40.8 Å². The summed E-state index contributed by atoms with van der Waals surface area (Å²) in [5, 5.41) is 14.1. The van der Waals surface area contributed by atoms with Crippen LogP contribution in [0.25, 0.3) is 0 Å². The number of hydrogen-bond donors (Lipinski definition) is 3. The molecule has 0 radical (unpaired) electrons. The first-order chi connectivity index (χ1) is 17.8. The Bertz CT molecular complexity index is 1430. The highest BCUT2D eigenvalue weighted by atomic mass is 35.5. The Labute approximate surface area is 221 Å². The van der Waals surface area contributed by atoms with Gasteiger partial charge in [0.25, 0.3) is 5.56 Å². The Balaban J connectivity index is 1.28. The number of anilines is 1. The molecule has 0 spiro atoms. The first kappa shape index (κ1) is 24.8. The zero-order chi connectivity index (χ0) is 26.1. The van der Waals surface area contributed by atoms with Crippen LogP contribution in [0.4, 0.5) is 10.5 Å². The summed E-state index contributed by atoms with van der Waals surface area (Å²) in [5.74, 6) is 0.280. The van der Waals surface area contributed by atoms with Crippen LogP contribution in [0.5, 0.6) is 11.6 Å². The van der Waals surface area contributed by atoms with Gasteiger partial charge in [-0.25, -0.2) is 9.89 Å². The summed E-state index contributed by atoms with van der Waals surface area (Å²) in [4.78, 5) is 24.7. The topological polar surface area (TPSA) is 135 Å². The Morgan fingerprint density at radius 1 is 1.11 bits per heavy atom. The van der Waals surface area contributed by atoms with Gasteiger partial charge in [-0.3, -0.25) is 4.79 Å². The van der Waals surface area contributed by atoms with Crippen LogP contribution in [0.15, 0.2) is 70.7 Å². The van der Waals surface area contributed by atoms with Crippen molar-refractivity contribution in [1.82, 2.24) is 15.5 Å². The zero-order valence-corrected chi connectivity index (χ0v) is 20.9. The maximum atomic E-state index is 12.4. The third-order valence-electron chi connectivity index (χ3n) is 6.07. The van der Waals surface area contributed by atoms with Crippen LogP contribution in [0, 0.1) is 0 Å². The maximum Gasteiger partial charge on any atom is 0.347 e. The number of carbonyl (C=O) groups is 1. The summed E-state index contributed by atoms with van der Waals surface area (Å²) >= 11 is 12.8. The van der Waals surface area contributed by atoms with E-state index in [1.165, 1.54) is 12.1 Å². The first-order valence-electron chi connectivity index (χ1n) is 11.3. The number of amides is 2. The van der Waals surface area contributed by atoms with Gasteiger partial charge < -0.3 is 20.5 Å². The Kier molecular flexibility index (Phi) is 6.88. The predicted molar refractivity (Wildman–Crippen MR) is 140 cm³/mol. The highest BCUT2D eigenvalue weighted by Gasteiger charge is 2.33. The Morgan fingerprint density at radius 2 is 1.81 bits per heavy atom. The number of carbonyl (C=O) groups excluding carboxylic acids is 1. The van der Waals surface area contributed by atoms with Gasteiger partial charge in [0.15, 0.2) is 11.6 Å². The van der Waals surface area contributed by atoms with Crippen molar-refractivity contribution in [2.75, 3.05) is 5.01 Å². The number of halogens is 2. The lowest BCUT2D eigenvalue weighted by Crippen LogP contribution is -2.45. The minimum Gasteiger partial charge on any atom is -0.434 e. The average Bonchev–Trinajstić information content (AvgIpc) is 2.85. The highest BCUT2D eigenvalue weighted by Crippen LogP contribution is 2.41. The smallest absolute Gasteiger partial charge is 0.347 e. The third kappa shape index (κ3) is 5.31. The molecule has 190 valence electrons. The van der Waals surface area contributed by atoms with Gasteiger partial charge in [-0.05, 0) is 36.5 Å². The molecular formula is C25H22Cl2N6O4. The number of aromatic nitrogens is 2. The number of hydrogen-bond acceptors (Lipinski definition) is 7. The van der Waals surface area contributed by atoms with Crippen LogP contribution < -0.4 is 26.4 Å². The number of benzene rings is 2. The molecule has 1 fully saturated rings. The number of H-pyrrole nitrogens is 1. The molecule has 1 saturated carbocycles. The van der Waals surface area contributed by atoms with Crippen molar-refractivity contribution in [3.05, 3.63) is 92.3 Å². The lowest BCUT2D eigenvalue weighted by atomic mass is 9.78. The van der Waals surface area contributed by atoms with Gasteiger partial charge >= 0.3 is 6.03 Å². The van der Waals surface area contributed by atoms with E-state index in [9.17, 15) is 9.59 Å². The molecule has 2 heterocycles. The molecule has 3 aromatic rings. The molecule has 2 aromatic carbocycles. The van der Waals surface area contributed by atoms with Crippen LogP contribution in [-0.2, 0) is 11.3 Å². The van der Waals surface area contributed by atoms with E-state index < -0.39 is 6.03 Å². The minimum atomic E-state index is -0.571. The molecule has 1 aliphatic heterocycles. The Morgan fingerprint density at radius 3 is 2.51 bits per heavy atom.